The van der Waals surface area contributed by atoms with Crippen LogP contribution >= 0.6 is 0 Å². The van der Waals surface area contributed by atoms with Crippen molar-refractivity contribution in [1.29, 1.82) is 0 Å². The third kappa shape index (κ3) is 2.98. The largest absolute Gasteiger partial charge is 0.409 e. The van der Waals surface area contributed by atoms with Crippen molar-refractivity contribution in [3.05, 3.63) is 17.5 Å². The second-order valence-corrected chi connectivity index (χ2v) is 5.04. The highest BCUT2D eigenvalue weighted by atomic mass is 16.5. The Bertz CT molecular complexity index is 506. The van der Waals surface area contributed by atoms with Gasteiger partial charge in [-0.2, -0.15) is 0 Å². The van der Waals surface area contributed by atoms with Gasteiger partial charge in [-0.1, -0.05) is 12.1 Å². The predicted octanol–water partition coefficient (Wildman–Crippen LogP) is 0.883. The zero-order valence-corrected chi connectivity index (χ0v) is 12.1. The predicted molar refractivity (Wildman–Crippen MR) is 76.1 cm³/mol. The molecule has 1 fully saturated rings. The Morgan fingerprint density at radius 3 is 3.00 bits per heavy atom. The number of nitrogens with two attached hydrogens (primary N) is 1. The number of ether oxygens (including phenoxy) is 1. The molecule has 2 atom stereocenters. The highest BCUT2D eigenvalue weighted by molar-refractivity contribution is 5.95. The summed E-state index contributed by atoms with van der Waals surface area (Å²) in [5.74, 6) is 0.597. The number of anilines is 1. The lowest BCUT2D eigenvalue weighted by Gasteiger charge is -2.38. The van der Waals surface area contributed by atoms with Gasteiger partial charge in [-0.25, -0.2) is 9.97 Å². The van der Waals surface area contributed by atoms with E-state index in [4.69, 9.17) is 15.7 Å². The molecule has 1 aliphatic rings. The van der Waals surface area contributed by atoms with E-state index >= 15 is 0 Å². The van der Waals surface area contributed by atoms with Gasteiger partial charge in [-0.3, -0.25) is 0 Å². The Morgan fingerprint density at radius 1 is 1.60 bits per heavy atom. The molecular weight excluding hydrogens is 258 g/mol. The number of amidine groups is 1. The van der Waals surface area contributed by atoms with Gasteiger partial charge in [0, 0.05) is 12.2 Å². The first-order valence-corrected chi connectivity index (χ1v) is 6.77. The van der Waals surface area contributed by atoms with E-state index in [9.17, 15) is 0 Å². The van der Waals surface area contributed by atoms with Crippen molar-refractivity contribution in [2.45, 2.75) is 39.3 Å². The quantitative estimate of drug-likeness (QED) is 0.369. The molecule has 2 heterocycles. The van der Waals surface area contributed by atoms with Crippen LogP contribution < -0.4 is 10.6 Å². The number of nitrogens with zero attached hydrogens (tertiary/aromatic N) is 4. The second kappa shape index (κ2) is 6.04. The minimum atomic E-state index is -0.00823. The molecule has 0 aliphatic carbocycles. The summed E-state index contributed by atoms with van der Waals surface area (Å²) in [5, 5.41) is 11.8. The van der Waals surface area contributed by atoms with Crippen LogP contribution in [0, 0.1) is 6.92 Å². The highest BCUT2D eigenvalue weighted by Gasteiger charge is 2.28. The fraction of sp³-hybridized carbons (Fsp3) is 0.615. The molecule has 20 heavy (non-hydrogen) atoms. The normalized spacial score (nSPS) is 23.9. The van der Waals surface area contributed by atoms with Gasteiger partial charge in [0.05, 0.1) is 18.8 Å². The fourth-order valence-electron chi connectivity index (χ4n) is 2.29. The SMILES string of the molecule is CCC1COC(C)CN1c1nc(C)cc(/C(N)=N/O)n1. The molecule has 2 rings (SSSR count). The molecule has 1 aliphatic heterocycles. The van der Waals surface area contributed by atoms with E-state index in [0.717, 1.165) is 18.7 Å². The maximum absolute atomic E-state index is 8.79. The van der Waals surface area contributed by atoms with Crippen LogP contribution in [0.3, 0.4) is 0 Å². The van der Waals surface area contributed by atoms with Crippen molar-refractivity contribution in [1.82, 2.24) is 9.97 Å². The van der Waals surface area contributed by atoms with E-state index in [1.807, 2.05) is 13.8 Å². The summed E-state index contributed by atoms with van der Waals surface area (Å²) < 4.78 is 5.68. The molecular formula is C13H21N5O2. The summed E-state index contributed by atoms with van der Waals surface area (Å²) in [4.78, 5) is 11.0. The van der Waals surface area contributed by atoms with Crippen LogP contribution in [0.1, 0.15) is 31.7 Å². The van der Waals surface area contributed by atoms with Crippen LogP contribution in [0.5, 0.6) is 0 Å². The lowest BCUT2D eigenvalue weighted by atomic mass is 10.1. The zero-order chi connectivity index (χ0) is 14.7. The Kier molecular flexibility index (Phi) is 4.39. The molecule has 0 bridgehead atoms. The average Bonchev–Trinajstić information content (AvgIpc) is 2.45. The van der Waals surface area contributed by atoms with Crippen molar-refractivity contribution in [2.24, 2.45) is 10.9 Å². The molecule has 2 unspecified atom stereocenters. The summed E-state index contributed by atoms with van der Waals surface area (Å²) >= 11 is 0. The second-order valence-electron chi connectivity index (χ2n) is 5.04. The molecule has 3 N–H and O–H groups in total. The topological polar surface area (TPSA) is 96.9 Å². The summed E-state index contributed by atoms with van der Waals surface area (Å²) in [6.07, 6.45) is 1.08. The summed E-state index contributed by atoms with van der Waals surface area (Å²) in [6.45, 7) is 7.39. The molecule has 1 saturated heterocycles. The van der Waals surface area contributed by atoms with Crippen LogP contribution in [-0.4, -0.2) is 46.3 Å². The van der Waals surface area contributed by atoms with Crippen LogP contribution in [0.4, 0.5) is 5.95 Å². The molecule has 0 amide bonds. The van der Waals surface area contributed by atoms with Crippen molar-refractivity contribution >= 4 is 11.8 Å². The molecule has 0 radical (unpaired) electrons. The van der Waals surface area contributed by atoms with E-state index < -0.39 is 0 Å². The summed E-state index contributed by atoms with van der Waals surface area (Å²) in [7, 11) is 0. The first-order valence-electron chi connectivity index (χ1n) is 6.77. The molecule has 1 aromatic heterocycles. The molecule has 0 spiro atoms. The average molecular weight is 279 g/mol. The van der Waals surface area contributed by atoms with Gasteiger partial charge < -0.3 is 20.6 Å². The van der Waals surface area contributed by atoms with E-state index in [-0.39, 0.29) is 18.0 Å². The Labute approximate surface area is 118 Å². The van der Waals surface area contributed by atoms with Crippen molar-refractivity contribution < 1.29 is 9.94 Å². The van der Waals surface area contributed by atoms with Crippen LogP contribution in [-0.2, 0) is 4.74 Å². The van der Waals surface area contributed by atoms with Gasteiger partial charge in [-0.15, -0.1) is 0 Å². The third-order valence-electron chi connectivity index (χ3n) is 3.41. The molecule has 7 nitrogen and oxygen atoms in total. The standard InChI is InChI=1S/C13H21N5O2/c1-4-10-7-20-9(3)6-18(10)13-15-8(2)5-11(16-13)12(14)17-19/h5,9-10,19H,4,6-7H2,1-3H3,(H2,14,17). The number of aromatic nitrogens is 2. The van der Waals surface area contributed by atoms with Gasteiger partial charge in [0.2, 0.25) is 5.95 Å². The van der Waals surface area contributed by atoms with Crippen LogP contribution in [0.15, 0.2) is 11.2 Å². The Hall–Kier alpha value is -1.89. The first-order chi connectivity index (χ1) is 9.55. The smallest absolute Gasteiger partial charge is 0.226 e. The molecule has 0 saturated carbocycles. The lowest BCUT2D eigenvalue weighted by molar-refractivity contribution is 0.0292. The maximum Gasteiger partial charge on any atom is 0.226 e. The van der Waals surface area contributed by atoms with E-state index in [1.165, 1.54) is 0 Å². The maximum atomic E-state index is 8.79. The van der Waals surface area contributed by atoms with Gasteiger partial charge in [0.1, 0.15) is 5.69 Å². The Morgan fingerprint density at radius 2 is 2.35 bits per heavy atom. The number of aryl methyl sites for hydroxylation is 1. The van der Waals surface area contributed by atoms with E-state index in [2.05, 4.69) is 26.9 Å². The number of oxime groups is 1. The highest BCUT2D eigenvalue weighted by Crippen LogP contribution is 2.20. The van der Waals surface area contributed by atoms with Gasteiger partial charge in [0.15, 0.2) is 5.84 Å². The van der Waals surface area contributed by atoms with Crippen molar-refractivity contribution in [2.75, 3.05) is 18.1 Å². The minimum Gasteiger partial charge on any atom is -0.409 e. The van der Waals surface area contributed by atoms with Crippen molar-refractivity contribution in [3.8, 4) is 0 Å². The van der Waals surface area contributed by atoms with Crippen LogP contribution in [0.2, 0.25) is 0 Å². The van der Waals surface area contributed by atoms with Gasteiger partial charge >= 0.3 is 0 Å². The van der Waals surface area contributed by atoms with E-state index in [1.54, 1.807) is 6.07 Å². The number of rotatable bonds is 3. The molecule has 7 heteroatoms. The number of morpholine rings is 1. The monoisotopic (exact) mass is 279 g/mol. The molecule has 0 aromatic carbocycles. The number of hydrogen-bond donors (Lipinski definition) is 2. The lowest BCUT2D eigenvalue weighted by Crippen LogP contribution is -2.49. The summed E-state index contributed by atoms with van der Waals surface area (Å²) in [5.41, 5.74) is 6.84. The van der Waals surface area contributed by atoms with E-state index in [0.29, 0.717) is 18.2 Å². The summed E-state index contributed by atoms with van der Waals surface area (Å²) in [6, 6.07) is 1.94. The number of hydrogen-bond acceptors (Lipinski definition) is 6. The van der Waals surface area contributed by atoms with Crippen molar-refractivity contribution in [3.63, 3.8) is 0 Å². The van der Waals surface area contributed by atoms with Crippen LogP contribution in [0.25, 0.3) is 0 Å². The fourth-order valence-corrected chi connectivity index (χ4v) is 2.29. The zero-order valence-electron chi connectivity index (χ0n) is 12.1. The van der Waals surface area contributed by atoms with Gasteiger partial charge in [0.25, 0.3) is 0 Å². The Balaban J connectivity index is 2.37. The van der Waals surface area contributed by atoms with Gasteiger partial charge in [-0.05, 0) is 26.3 Å². The first kappa shape index (κ1) is 14.5. The third-order valence-corrected chi connectivity index (χ3v) is 3.41. The molecule has 1 aromatic rings. The molecule has 110 valence electrons. The minimum absolute atomic E-state index is 0.00823.